The smallest absolute Gasteiger partial charge is 0.336 e. The molecule has 440 valence electrons. The Morgan fingerprint density at radius 3 is 1.13 bits per heavy atom. The van der Waals surface area contributed by atoms with E-state index in [1.54, 1.807) is 42.5 Å². The monoisotopic (exact) mass is 1100 g/mol. The average molecular weight is 1100 g/mol. The third-order valence-corrected chi connectivity index (χ3v) is 13.1. The third kappa shape index (κ3) is 26.1. The molecule has 0 aliphatic heterocycles. The molecule has 1 unspecified atom stereocenters. The topological polar surface area (TPSA) is 134 Å². The average Bonchev–Trinajstić information content (AvgIpc) is 3.45. The fourth-order valence-electron chi connectivity index (χ4n) is 8.25. The minimum absolute atomic E-state index is 0. The Morgan fingerprint density at radius 2 is 0.759 bits per heavy atom. The molecule has 0 aromatic heterocycles. The highest BCUT2D eigenvalue weighted by molar-refractivity contribution is 5.93. The lowest BCUT2D eigenvalue weighted by atomic mass is 10.1. The van der Waals surface area contributed by atoms with Crippen molar-refractivity contribution in [3.63, 3.8) is 0 Å². The molecular formula is C67H100O12. The van der Waals surface area contributed by atoms with Crippen LogP contribution in [-0.4, -0.2) is 64.2 Å². The largest absolute Gasteiger partial charge is 0.490 e. The minimum Gasteiger partial charge on any atom is -0.490 e. The second kappa shape index (κ2) is 41.8. The van der Waals surface area contributed by atoms with Gasteiger partial charge < -0.3 is 42.6 Å². The van der Waals surface area contributed by atoms with Crippen molar-refractivity contribution in [3.05, 3.63) is 83.9 Å². The van der Waals surface area contributed by atoms with Crippen LogP contribution in [0.2, 0.25) is 0 Å². The fourth-order valence-corrected chi connectivity index (χ4v) is 8.25. The van der Waals surface area contributed by atoms with Crippen molar-refractivity contribution < 1.29 is 57.0 Å². The summed E-state index contributed by atoms with van der Waals surface area (Å²) in [5.41, 5.74) is 1.33. The number of ether oxygens (including phenoxy) is 9. The van der Waals surface area contributed by atoms with Gasteiger partial charge in [-0.25, -0.2) is 9.59 Å². The number of hydrogen-bond donors (Lipinski definition) is 0. The maximum atomic E-state index is 13.4. The van der Waals surface area contributed by atoms with E-state index in [-0.39, 0.29) is 40.0 Å². The van der Waals surface area contributed by atoms with Crippen molar-refractivity contribution in [2.24, 2.45) is 5.92 Å². The Kier molecular flexibility index (Phi) is 36.5. The molecule has 0 radical (unpaired) electrons. The number of unbranched alkanes of at least 4 members (excludes halogenated alkanes) is 15. The van der Waals surface area contributed by atoms with Crippen molar-refractivity contribution in [1.29, 1.82) is 0 Å². The van der Waals surface area contributed by atoms with Crippen LogP contribution in [-0.2, 0) is 19.1 Å². The van der Waals surface area contributed by atoms with E-state index in [1.807, 2.05) is 44.2 Å². The molecule has 0 saturated heterocycles. The van der Waals surface area contributed by atoms with Gasteiger partial charge in [0.2, 0.25) is 11.5 Å². The molecule has 4 rings (SSSR count). The summed E-state index contributed by atoms with van der Waals surface area (Å²) in [6, 6.07) is 18.0. The Balaban J connectivity index is 0.0000107. The summed E-state index contributed by atoms with van der Waals surface area (Å²) in [5.74, 6) is 2.31. The first-order chi connectivity index (χ1) is 37.6. The molecule has 0 saturated carbocycles. The van der Waals surface area contributed by atoms with Gasteiger partial charge in [-0.1, -0.05) is 172 Å². The Hall–Kier alpha value is -6.17. The third-order valence-electron chi connectivity index (χ3n) is 13.1. The summed E-state index contributed by atoms with van der Waals surface area (Å²) in [4.78, 5) is 39.1. The van der Waals surface area contributed by atoms with Crippen molar-refractivity contribution in [3.8, 4) is 46.0 Å². The standard InChI is InChI=1S/C65H92O12.2CH4/c1-8-14-19-24-41-69-57-37-31-51(61(71-42-25-20-15-9-2)63(57)73-44-27-22-17-11-4)33-39-59(66)76-55-35-29-54-49-56(36-30-53(54)48-55)77-60(67)40-34-52-32-38-58(70-46-47-75-65(68)50(7)13-6)64(74-45-28-23-18-12-5)62(52)72-43-26-21-16-10-3;;/h29-40,48-50H,8-28,41-47H2,1-7H3;2*1H4/b39-33+,40-34+;;. The van der Waals surface area contributed by atoms with Crippen LogP contribution in [0.3, 0.4) is 0 Å². The van der Waals surface area contributed by atoms with Gasteiger partial charge in [0.05, 0.1) is 39.0 Å². The molecule has 0 aliphatic carbocycles. The molecule has 0 fully saturated rings. The van der Waals surface area contributed by atoms with E-state index < -0.39 is 11.9 Å². The van der Waals surface area contributed by atoms with Crippen LogP contribution in [0.5, 0.6) is 46.0 Å². The fraction of sp³-hybridized carbons (Fsp3) is 0.567. The van der Waals surface area contributed by atoms with Gasteiger partial charge in [-0.05, 0) is 110 Å². The number of rotatable bonds is 42. The number of carbonyl (C=O) groups is 3. The highest BCUT2D eigenvalue weighted by Gasteiger charge is 2.21. The summed E-state index contributed by atoms with van der Waals surface area (Å²) in [7, 11) is 0. The van der Waals surface area contributed by atoms with E-state index in [2.05, 4.69) is 34.6 Å². The molecule has 0 N–H and O–H groups in total. The van der Waals surface area contributed by atoms with Crippen molar-refractivity contribution in [2.75, 3.05) is 46.2 Å². The number of benzene rings is 4. The van der Waals surface area contributed by atoms with Gasteiger partial charge in [0.1, 0.15) is 24.7 Å². The molecule has 4 aromatic carbocycles. The second-order valence-corrected chi connectivity index (χ2v) is 19.7. The highest BCUT2D eigenvalue weighted by atomic mass is 16.6. The predicted octanol–water partition coefficient (Wildman–Crippen LogP) is 18.1. The van der Waals surface area contributed by atoms with Crippen LogP contribution >= 0.6 is 0 Å². The summed E-state index contributed by atoms with van der Waals surface area (Å²) in [5, 5.41) is 1.58. The van der Waals surface area contributed by atoms with Crippen LogP contribution in [0.4, 0.5) is 0 Å². The van der Waals surface area contributed by atoms with Gasteiger partial charge in [0, 0.05) is 23.3 Å². The molecule has 12 heteroatoms. The first-order valence-corrected chi connectivity index (χ1v) is 29.3. The van der Waals surface area contributed by atoms with E-state index in [9.17, 15) is 14.4 Å². The summed E-state index contributed by atoms with van der Waals surface area (Å²) in [6.07, 6.45) is 27.9. The zero-order valence-electron chi connectivity index (χ0n) is 47.9. The molecule has 0 aliphatic rings. The van der Waals surface area contributed by atoms with Crippen LogP contribution in [0, 0.1) is 5.92 Å². The number of esters is 3. The quantitative estimate of drug-likeness (QED) is 0.0181. The van der Waals surface area contributed by atoms with Crippen LogP contribution in [0.15, 0.2) is 72.8 Å². The summed E-state index contributed by atoms with van der Waals surface area (Å²) >= 11 is 0. The van der Waals surface area contributed by atoms with Gasteiger partial charge in [-0.3, -0.25) is 4.79 Å². The minimum atomic E-state index is -0.582. The van der Waals surface area contributed by atoms with Crippen molar-refractivity contribution in [2.45, 2.75) is 198 Å². The van der Waals surface area contributed by atoms with Crippen LogP contribution in [0.25, 0.3) is 22.9 Å². The first-order valence-electron chi connectivity index (χ1n) is 29.3. The molecule has 4 aromatic rings. The van der Waals surface area contributed by atoms with Gasteiger partial charge >= 0.3 is 17.9 Å². The normalized spacial score (nSPS) is 11.4. The van der Waals surface area contributed by atoms with Gasteiger partial charge in [-0.15, -0.1) is 0 Å². The lowest BCUT2D eigenvalue weighted by molar-refractivity contribution is -0.148. The molecule has 0 bridgehead atoms. The maximum absolute atomic E-state index is 13.4. The zero-order chi connectivity index (χ0) is 55.3. The molecule has 12 nitrogen and oxygen atoms in total. The molecule has 0 amide bonds. The van der Waals surface area contributed by atoms with E-state index in [0.717, 1.165) is 133 Å². The van der Waals surface area contributed by atoms with Crippen molar-refractivity contribution >= 4 is 40.8 Å². The van der Waals surface area contributed by atoms with E-state index >= 15 is 0 Å². The maximum Gasteiger partial charge on any atom is 0.336 e. The number of carbonyl (C=O) groups excluding carboxylic acids is 3. The molecule has 0 heterocycles. The van der Waals surface area contributed by atoms with Crippen LogP contribution < -0.4 is 37.9 Å². The van der Waals surface area contributed by atoms with E-state index in [0.29, 0.717) is 96.6 Å². The summed E-state index contributed by atoms with van der Waals surface area (Å²) in [6.45, 7) is 17.5. The summed E-state index contributed by atoms with van der Waals surface area (Å²) < 4.78 is 55.2. The molecule has 0 spiro atoms. The lowest BCUT2D eigenvalue weighted by Crippen LogP contribution is -2.18. The first kappa shape index (κ1) is 68.9. The number of hydrogen-bond acceptors (Lipinski definition) is 12. The second-order valence-electron chi connectivity index (χ2n) is 19.7. The van der Waals surface area contributed by atoms with Gasteiger partial charge in [0.25, 0.3) is 0 Å². The predicted molar refractivity (Wildman–Crippen MR) is 324 cm³/mol. The van der Waals surface area contributed by atoms with E-state index in [4.69, 9.17) is 42.6 Å². The van der Waals surface area contributed by atoms with Gasteiger partial charge in [-0.2, -0.15) is 0 Å². The Bertz CT molecular complexity index is 2390. The highest BCUT2D eigenvalue weighted by Crippen LogP contribution is 2.43. The van der Waals surface area contributed by atoms with Crippen LogP contribution in [0.1, 0.15) is 209 Å². The van der Waals surface area contributed by atoms with E-state index in [1.165, 1.54) is 18.6 Å². The number of fused-ring (bicyclic) bond motifs is 1. The van der Waals surface area contributed by atoms with Crippen molar-refractivity contribution in [1.82, 2.24) is 0 Å². The molecule has 1 atom stereocenters. The zero-order valence-corrected chi connectivity index (χ0v) is 47.9. The molecule has 79 heavy (non-hydrogen) atoms. The Labute approximate surface area is 476 Å². The van der Waals surface area contributed by atoms with Gasteiger partial charge in [0.15, 0.2) is 23.0 Å². The lowest BCUT2D eigenvalue weighted by Gasteiger charge is -2.19. The SMILES string of the molecule is C.C.CCCCCCOc1ccc(/C=C/C(=O)Oc2ccc3cc(OC(=O)/C=C/c4ccc(OCCOC(=O)C(C)CC)c(OCCCCCC)c4OCCCCCC)ccc3c2)c(OCCCCCC)c1OCCCCCC. The molecular weight excluding hydrogens is 997 g/mol. The Morgan fingerprint density at radius 1 is 0.405 bits per heavy atom.